The van der Waals surface area contributed by atoms with Gasteiger partial charge in [0.25, 0.3) is 5.91 Å². The highest BCUT2D eigenvalue weighted by Gasteiger charge is 2.25. The van der Waals surface area contributed by atoms with Crippen LogP contribution in [0.1, 0.15) is 28.4 Å². The van der Waals surface area contributed by atoms with E-state index in [4.69, 9.17) is 14.5 Å². The Morgan fingerprint density at radius 1 is 1.03 bits per heavy atom. The maximum atomic E-state index is 13.3. The largest absolute Gasteiger partial charge is 0.493 e. The fourth-order valence-electron chi connectivity index (χ4n) is 4.03. The highest BCUT2D eigenvalue weighted by molar-refractivity contribution is 6.07. The van der Waals surface area contributed by atoms with E-state index in [1.54, 1.807) is 0 Å². The van der Waals surface area contributed by atoms with Crippen molar-refractivity contribution in [2.45, 2.75) is 12.5 Å². The molecule has 3 heterocycles. The van der Waals surface area contributed by atoms with Gasteiger partial charge < -0.3 is 19.7 Å². The van der Waals surface area contributed by atoms with Gasteiger partial charge in [0.15, 0.2) is 0 Å². The second kappa shape index (κ2) is 7.72. The van der Waals surface area contributed by atoms with Crippen molar-refractivity contribution in [3.05, 3.63) is 65.7 Å². The maximum absolute atomic E-state index is 13.3. The first-order chi connectivity index (χ1) is 14.3. The molecule has 0 saturated carbocycles. The zero-order valence-electron chi connectivity index (χ0n) is 16.1. The van der Waals surface area contributed by atoms with E-state index in [9.17, 15) is 4.79 Å². The summed E-state index contributed by atoms with van der Waals surface area (Å²) in [6.45, 7) is 3.50. The number of amides is 1. The fraction of sp³-hybridized carbons (Fsp3) is 0.304. The van der Waals surface area contributed by atoms with Gasteiger partial charge in [-0.2, -0.15) is 0 Å². The minimum Gasteiger partial charge on any atom is -0.493 e. The number of hydrogen-bond donors (Lipinski definition) is 1. The molecule has 6 heteroatoms. The number of aromatic nitrogens is 1. The van der Waals surface area contributed by atoms with Gasteiger partial charge in [0.05, 0.1) is 36.9 Å². The number of nitrogens with one attached hydrogen (secondary N) is 1. The molecule has 29 heavy (non-hydrogen) atoms. The van der Waals surface area contributed by atoms with Crippen molar-refractivity contribution < 1.29 is 14.3 Å². The second-order valence-electron chi connectivity index (χ2n) is 7.35. The van der Waals surface area contributed by atoms with E-state index < -0.39 is 0 Å². The van der Waals surface area contributed by atoms with Crippen molar-refractivity contribution in [1.82, 2.24) is 10.3 Å². The average molecular weight is 389 g/mol. The van der Waals surface area contributed by atoms with Gasteiger partial charge in [-0.3, -0.25) is 4.79 Å². The molecule has 1 fully saturated rings. The molecule has 1 N–H and O–H groups in total. The Morgan fingerprint density at radius 2 is 1.83 bits per heavy atom. The molecule has 5 rings (SSSR count). The number of carbonyl (C=O) groups excluding carboxylic acids is 1. The summed E-state index contributed by atoms with van der Waals surface area (Å²) in [6, 6.07) is 17.6. The molecule has 1 aromatic heterocycles. The van der Waals surface area contributed by atoms with E-state index in [1.807, 2.05) is 54.6 Å². The van der Waals surface area contributed by atoms with Crippen LogP contribution < -0.4 is 15.0 Å². The summed E-state index contributed by atoms with van der Waals surface area (Å²) in [7, 11) is 0. The topological polar surface area (TPSA) is 63.7 Å². The predicted molar refractivity (Wildman–Crippen MR) is 112 cm³/mol. The Hall–Kier alpha value is -3.12. The zero-order chi connectivity index (χ0) is 19.6. The van der Waals surface area contributed by atoms with E-state index in [0.717, 1.165) is 47.5 Å². The van der Waals surface area contributed by atoms with Crippen LogP contribution in [0.25, 0.3) is 10.9 Å². The molecule has 1 atom stereocenters. The molecule has 0 spiro atoms. The number of rotatable bonds is 3. The first-order valence-corrected chi connectivity index (χ1v) is 10.0. The predicted octanol–water partition coefficient (Wildman–Crippen LogP) is 3.33. The van der Waals surface area contributed by atoms with Crippen LogP contribution in [0.5, 0.6) is 5.75 Å². The first kappa shape index (κ1) is 17.9. The molecule has 2 aliphatic heterocycles. The van der Waals surface area contributed by atoms with Crippen LogP contribution in [-0.4, -0.2) is 43.8 Å². The van der Waals surface area contributed by atoms with Gasteiger partial charge in [-0.15, -0.1) is 0 Å². The molecular formula is C23H23N3O3. The Bertz CT molecular complexity index is 1050. The van der Waals surface area contributed by atoms with Crippen molar-refractivity contribution in [2.24, 2.45) is 0 Å². The van der Waals surface area contributed by atoms with E-state index in [0.29, 0.717) is 25.4 Å². The van der Waals surface area contributed by atoms with Gasteiger partial charge >= 0.3 is 0 Å². The summed E-state index contributed by atoms with van der Waals surface area (Å²) >= 11 is 0. The second-order valence-corrected chi connectivity index (χ2v) is 7.35. The molecule has 0 bridgehead atoms. The lowest BCUT2D eigenvalue weighted by Gasteiger charge is -2.29. The number of hydrogen-bond acceptors (Lipinski definition) is 5. The third-order valence-corrected chi connectivity index (χ3v) is 5.55. The van der Waals surface area contributed by atoms with Crippen LogP contribution in [0.2, 0.25) is 0 Å². The first-order valence-electron chi connectivity index (χ1n) is 10.0. The summed E-state index contributed by atoms with van der Waals surface area (Å²) in [5, 5.41) is 4.09. The van der Waals surface area contributed by atoms with Crippen molar-refractivity contribution in [3.63, 3.8) is 0 Å². The van der Waals surface area contributed by atoms with Crippen LogP contribution >= 0.6 is 0 Å². The van der Waals surface area contributed by atoms with Gasteiger partial charge in [0.2, 0.25) is 0 Å². The third kappa shape index (κ3) is 3.51. The molecule has 0 aliphatic carbocycles. The number of pyridine rings is 1. The summed E-state index contributed by atoms with van der Waals surface area (Å²) in [4.78, 5) is 20.3. The number of para-hydroxylation sites is 2. The number of morpholine rings is 1. The quantitative estimate of drug-likeness (QED) is 0.745. The van der Waals surface area contributed by atoms with Crippen LogP contribution in [0.4, 0.5) is 5.82 Å². The zero-order valence-corrected chi connectivity index (χ0v) is 16.1. The van der Waals surface area contributed by atoms with Crippen LogP contribution in [-0.2, 0) is 4.74 Å². The minimum absolute atomic E-state index is 0.0637. The number of ether oxygens (including phenoxy) is 2. The number of fused-ring (bicyclic) bond motifs is 2. The van der Waals surface area contributed by atoms with Gasteiger partial charge in [-0.1, -0.05) is 36.4 Å². The highest BCUT2D eigenvalue weighted by atomic mass is 16.5. The summed E-state index contributed by atoms with van der Waals surface area (Å²) in [5.41, 5.74) is 2.51. The third-order valence-electron chi connectivity index (χ3n) is 5.55. The van der Waals surface area contributed by atoms with Crippen molar-refractivity contribution in [2.75, 3.05) is 37.8 Å². The number of nitrogens with zero attached hydrogens (tertiary/aromatic N) is 2. The summed E-state index contributed by atoms with van der Waals surface area (Å²) in [6.07, 6.45) is 0.752. The molecule has 0 radical (unpaired) electrons. The van der Waals surface area contributed by atoms with Gasteiger partial charge in [0, 0.05) is 30.5 Å². The van der Waals surface area contributed by atoms with Crippen LogP contribution in [0.15, 0.2) is 54.6 Å². The molecule has 6 nitrogen and oxygen atoms in total. The monoisotopic (exact) mass is 389 g/mol. The SMILES string of the molecule is O=C(N[C@H]1CCOc2ccccc21)c1cc(N2CCOCC2)nc2ccccc12. The summed E-state index contributed by atoms with van der Waals surface area (Å²) in [5.74, 6) is 1.59. The van der Waals surface area contributed by atoms with Crippen molar-refractivity contribution in [1.29, 1.82) is 0 Å². The molecule has 1 saturated heterocycles. The molecule has 3 aromatic rings. The standard InChI is InChI=1S/C23H23N3O3/c27-23(25-20-9-12-29-21-8-4-2-6-17(20)21)18-15-22(26-10-13-28-14-11-26)24-19-7-3-1-5-16(18)19/h1-8,15,20H,9-14H2,(H,25,27)/t20-/m0/s1. The minimum atomic E-state index is -0.0835. The molecule has 148 valence electrons. The van der Waals surface area contributed by atoms with Gasteiger partial charge in [0.1, 0.15) is 11.6 Å². The lowest BCUT2D eigenvalue weighted by atomic mass is 9.99. The average Bonchev–Trinajstić information content (AvgIpc) is 2.79. The Kier molecular flexibility index (Phi) is 4.77. The lowest BCUT2D eigenvalue weighted by Crippen LogP contribution is -2.37. The van der Waals surface area contributed by atoms with Crippen molar-refractivity contribution in [3.8, 4) is 5.75 Å². The maximum Gasteiger partial charge on any atom is 0.252 e. The van der Waals surface area contributed by atoms with E-state index >= 15 is 0 Å². The lowest BCUT2D eigenvalue weighted by molar-refractivity contribution is 0.0926. The summed E-state index contributed by atoms with van der Waals surface area (Å²) < 4.78 is 11.2. The highest BCUT2D eigenvalue weighted by Crippen LogP contribution is 2.32. The molecule has 1 amide bonds. The Balaban J connectivity index is 1.50. The van der Waals surface area contributed by atoms with Crippen molar-refractivity contribution >= 4 is 22.6 Å². The number of benzene rings is 2. The smallest absolute Gasteiger partial charge is 0.252 e. The Labute approximate surface area is 169 Å². The normalized spacial score (nSPS) is 18.8. The Morgan fingerprint density at radius 3 is 2.72 bits per heavy atom. The van der Waals surface area contributed by atoms with Gasteiger partial charge in [-0.25, -0.2) is 4.98 Å². The molecule has 0 unspecified atom stereocenters. The molecular weight excluding hydrogens is 366 g/mol. The van der Waals surface area contributed by atoms with E-state index in [-0.39, 0.29) is 11.9 Å². The fourth-order valence-corrected chi connectivity index (χ4v) is 4.03. The molecule has 2 aliphatic rings. The number of anilines is 1. The number of carbonyl (C=O) groups is 1. The molecule has 2 aromatic carbocycles. The van der Waals surface area contributed by atoms with E-state index in [1.165, 1.54) is 0 Å². The van der Waals surface area contributed by atoms with Crippen LogP contribution in [0.3, 0.4) is 0 Å². The van der Waals surface area contributed by atoms with Gasteiger partial charge in [-0.05, 0) is 18.2 Å². The van der Waals surface area contributed by atoms with Crippen LogP contribution in [0, 0.1) is 0 Å². The van der Waals surface area contributed by atoms with E-state index in [2.05, 4.69) is 10.2 Å².